The Labute approximate surface area is 191 Å². The Bertz CT molecular complexity index is 1210. The van der Waals surface area contributed by atoms with E-state index in [1.165, 1.54) is 10.4 Å². The average Bonchev–Trinajstić information content (AvgIpc) is 3.22. The number of halogens is 1. The molecular weight excluding hydrogens is 454 g/mol. The average molecular weight is 478 g/mol. The first-order valence-corrected chi connectivity index (χ1v) is 12.1. The molecule has 2 atom stereocenters. The maximum Gasteiger partial charge on any atom is 0.265 e. The minimum Gasteiger partial charge on any atom is -0.479 e. The van der Waals surface area contributed by atoms with Gasteiger partial charge in [0, 0.05) is 23.3 Å². The number of ether oxygens (including phenoxy) is 1. The van der Waals surface area contributed by atoms with Crippen molar-refractivity contribution in [2.75, 3.05) is 17.2 Å². The summed E-state index contributed by atoms with van der Waals surface area (Å²) in [6, 6.07) is 7.32. The van der Waals surface area contributed by atoms with Gasteiger partial charge in [-0.05, 0) is 62.9 Å². The molecule has 0 bridgehead atoms. The lowest BCUT2D eigenvalue weighted by Crippen LogP contribution is -2.43. The number of hydrogen-bond acceptors (Lipinski definition) is 5. The van der Waals surface area contributed by atoms with Gasteiger partial charge in [0.2, 0.25) is 15.9 Å². The zero-order chi connectivity index (χ0) is 23.2. The molecule has 2 aromatic carbocycles. The molecule has 2 aliphatic heterocycles. The van der Waals surface area contributed by atoms with Gasteiger partial charge in [-0.3, -0.25) is 9.59 Å². The number of fused-ring (bicyclic) bond motifs is 1. The molecular formula is C22H24ClN3O5S. The topological polar surface area (TPSA) is 105 Å². The fourth-order valence-electron chi connectivity index (χ4n) is 3.93. The minimum absolute atomic E-state index is 0.0534. The van der Waals surface area contributed by atoms with E-state index in [2.05, 4.69) is 10.6 Å². The predicted molar refractivity (Wildman–Crippen MR) is 122 cm³/mol. The van der Waals surface area contributed by atoms with Crippen LogP contribution in [0.2, 0.25) is 5.02 Å². The normalized spacial score (nSPS) is 20.9. The highest BCUT2D eigenvalue weighted by Gasteiger charge is 2.40. The van der Waals surface area contributed by atoms with E-state index in [4.69, 9.17) is 16.3 Å². The molecule has 2 aliphatic rings. The van der Waals surface area contributed by atoms with Crippen LogP contribution in [0.1, 0.15) is 30.9 Å². The van der Waals surface area contributed by atoms with Gasteiger partial charge in [0.25, 0.3) is 5.91 Å². The molecule has 2 N–H and O–H groups in total. The van der Waals surface area contributed by atoms with Crippen LogP contribution in [0, 0.1) is 13.8 Å². The molecule has 0 saturated carbocycles. The second-order valence-electron chi connectivity index (χ2n) is 8.09. The number of hydrogen-bond donors (Lipinski definition) is 2. The minimum atomic E-state index is -3.98. The van der Waals surface area contributed by atoms with Crippen LogP contribution < -0.4 is 15.4 Å². The molecule has 0 spiro atoms. The quantitative estimate of drug-likeness (QED) is 0.701. The maximum atomic E-state index is 13.5. The molecule has 170 valence electrons. The second-order valence-corrected chi connectivity index (χ2v) is 10.4. The number of aryl methyl sites for hydroxylation is 2. The second kappa shape index (κ2) is 8.38. The molecule has 32 heavy (non-hydrogen) atoms. The lowest BCUT2D eigenvalue weighted by molar-refractivity contribution is -0.122. The van der Waals surface area contributed by atoms with E-state index in [9.17, 15) is 18.0 Å². The van der Waals surface area contributed by atoms with Crippen molar-refractivity contribution in [3.05, 3.63) is 46.5 Å². The molecule has 0 aliphatic carbocycles. The van der Waals surface area contributed by atoms with E-state index in [1.54, 1.807) is 38.1 Å². The van der Waals surface area contributed by atoms with E-state index in [-0.39, 0.29) is 23.1 Å². The van der Waals surface area contributed by atoms with Crippen molar-refractivity contribution in [2.24, 2.45) is 0 Å². The summed E-state index contributed by atoms with van der Waals surface area (Å²) < 4.78 is 33.9. The fourth-order valence-corrected chi connectivity index (χ4v) is 5.99. The molecule has 2 heterocycles. The van der Waals surface area contributed by atoms with Gasteiger partial charge in [-0.15, -0.1) is 0 Å². The molecule has 0 radical (unpaired) electrons. The lowest BCUT2D eigenvalue weighted by Gasteiger charge is -2.27. The summed E-state index contributed by atoms with van der Waals surface area (Å²) in [6.45, 7) is 5.33. The van der Waals surface area contributed by atoms with E-state index >= 15 is 0 Å². The van der Waals surface area contributed by atoms with Crippen LogP contribution in [0.3, 0.4) is 0 Å². The summed E-state index contributed by atoms with van der Waals surface area (Å²) in [7, 11) is -3.98. The van der Waals surface area contributed by atoms with Crippen LogP contribution in [0.4, 0.5) is 11.4 Å². The first-order valence-electron chi connectivity index (χ1n) is 10.3. The van der Waals surface area contributed by atoms with Gasteiger partial charge in [-0.1, -0.05) is 17.7 Å². The van der Waals surface area contributed by atoms with Crippen molar-refractivity contribution in [2.45, 2.75) is 50.7 Å². The number of sulfonamides is 1. The summed E-state index contributed by atoms with van der Waals surface area (Å²) in [5.74, 6) is -0.408. The van der Waals surface area contributed by atoms with E-state index in [1.807, 2.05) is 6.92 Å². The maximum absolute atomic E-state index is 13.5. The van der Waals surface area contributed by atoms with Crippen molar-refractivity contribution in [1.82, 2.24) is 4.31 Å². The third-order valence-electron chi connectivity index (χ3n) is 5.74. The van der Waals surface area contributed by atoms with Gasteiger partial charge in [0.15, 0.2) is 6.10 Å². The van der Waals surface area contributed by atoms with Gasteiger partial charge in [0.1, 0.15) is 11.8 Å². The summed E-state index contributed by atoms with van der Waals surface area (Å²) >= 11 is 6.14. The van der Waals surface area contributed by atoms with Crippen LogP contribution in [-0.2, 0) is 19.6 Å². The Morgan fingerprint density at radius 2 is 1.97 bits per heavy atom. The number of amides is 2. The number of anilines is 2. The lowest BCUT2D eigenvalue weighted by atomic mass is 10.1. The van der Waals surface area contributed by atoms with Crippen LogP contribution in [0.15, 0.2) is 35.2 Å². The largest absolute Gasteiger partial charge is 0.479 e. The van der Waals surface area contributed by atoms with E-state index < -0.39 is 28.1 Å². The van der Waals surface area contributed by atoms with Crippen molar-refractivity contribution in [1.29, 1.82) is 0 Å². The first-order chi connectivity index (χ1) is 15.1. The Morgan fingerprint density at radius 3 is 2.69 bits per heavy atom. The highest BCUT2D eigenvalue weighted by Crippen LogP contribution is 2.37. The van der Waals surface area contributed by atoms with Crippen LogP contribution in [-0.4, -0.2) is 43.2 Å². The molecule has 0 unspecified atom stereocenters. The van der Waals surface area contributed by atoms with Gasteiger partial charge in [-0.2, -0.15) is 4.31 Å². The van der Waals surface area contributed by atoms with Crippen molar-refractivity contribution < 1.29 is 22.7 Å². The number of rotatable bonds is 4. The van der Waals surface area contributed by atoms with Gasteiger partial charge >= 0.3 is 0 Å². The Kier molecular flexibility index (Phi) is 5.91. The fraction of sp³-hybridized carbons (Fsp3) is 0.364. The van der Waals surface area contributed by atoms with Crippen LogP contribution >= 0.6 is 11.6 Å². The molecule has 10 heteroatoms. The molecule has 8 nitrogen and oxygen atoms in total. The van der Waals surface area contributed by atoms with Crippen molar-refractivity contribution in [3.63, 3.8) is 0 Å². The number of carbonyl (C=O) groups is 2. The Hall–Kier alpha value is -2.62. The van der Waals surface area contributed by atoms with E-state index in [0.717, 1.165) is 5.56 Å². The van der Waals surface area contributed by atoms with Crippen LogP contribution in [0.25, 0.3) is 0 Å². The summed E-state index contributed by atoms with van der Waals surface area (Å²) in [5, 5.41) is 6.01. The number of benzene rings is 2. The SMILES string of the molecule is Cc1ccc(NC(=O)[C@H]2CCCN2S(=O)(=O)c2cc3c(cc2C)NC(=O)[C@@H](C)O3)cc1Cl. The molecule has 2 aromatic rings. The standard InChI is InChI=1S/C22H24ClN3O5S/c1-12-6-7-15(10-16(12)23)24-22(28)18-5-4-8-26(18)32(29,30)20-11-19-17(9-13(20)2)25-21(27)14(3)31-19/h6-7,9-11,14,18H,4-5,8H2,1-3H3,(H,24,28)(H,25,27)/t14-,18-/m1/s1. The molecule has 4 rings (SSSR count). The first kappa shape index (κ1) is 22.6. The summed E-state index contributed by atoms with van der Waals surface area (Å²) in [6.07, 6.45) is 0.255. The number of nitrogens with zero attached hydrogens (tertiary/aromatic N) is 1. The molecule has 2 amide bonds. The van der Waals surface area contributed by atoms with Gasteiger partial charge in [-0.25, -0.2) is 8.42 Å². The zero-order valence-electron chi connectivity index (χ0n) is 17.9. The highest BCUT2D eigenvalue weighted by molar-refractivity contribution is 7.89. The van der Waals surface area contributed by atoms with Crippen LogP contribution in [0.5, 0.6) is 5.75 Å². The highest BCUT2D eigenvalue weighted by atomic mass is 35.5. The monoisotopic (exact) mass is 477 g/mol. The predicted octanol–water partition coefficient (Wildman–Crippen LogP) is 3.47. The summed E-state index contributed by atoms with van der Waals surface area (Å²) in [4.78, 5) is 24.9. The number of nitrogens with one attached hydrogen (secondary N) is 2. The smallest absolute Gasteiger partial charge is 0.265 e. The third-order valence-corrected chi connectivity index (χ3v) is 8.20. The van der Waals surface area contributed by atoms with Gasteiger partial charge in [0.05, 0.1) is 10.6 Å². The molecule has 1 fully saturated rings. The summed E-state index contributed by atoms with van der Waals surface area (Å²) in [5.41, 5.74) is 2.28. The van der Waals surface area contributed by atoms with Crippen molar-refractivity contribution >= 4 is 44.8 Å². The zero-order valence-corrected chi connectivity index (χ0v) is 19.5. The van der Waals surface area contributed by atoms with E-state index in [0.29, 0.717) is 34.8 Å². The third kappa shape index (κ3) is 4.07. The Morgan fingerprint density at radius 1 is 1.22 bits per heavy atom. The Balaban J connectivity index is 1.62. The van der Waals surface area contributed by atoms with Gasteiger partial charge < -0.3 is 15.4 Å². The van der Waals surface area contributed by atoms with Crippen molar-refractivity contribution in [3.8, 4) is 5.75 Å². The molecule has 1 saturated heterocycles. The number of carbonyl (C=O) groups excluding carboxylic acids is 2. The molecule has 0 aromatic heterocycles.